The van der Waals surface area contributed by atoms with E-state index >= 15 is 0 Å². The number of nitrogens with one attached hydrogen (secondary N) is 1. The van der Waals surface area contributed by atoms with Crippen LogP contribution in [0.1, 0.15) is 58.1 Å². The second-order valence-electron chi connectivity index (χ2n) is 9.68. The van der Waals surface area contributed by atoms with E-state index in [1.165, 1.54) is 0 Å². The average molecular weight is 526 g/mol. The molecule has 1 aromatic heterocycles. The summed E-state index contributed by atoms with van der Waals surface area (Å²) in [6.45, 7) is 5.92. The third kappa shape index (κ3) is 6.98. The van der Waals surface area contributed by atoms with Crippen LogP contribution in [-0.2, 0) is 11.2 Å². The Hall–Kier alpha value is -2.63. The van der Waals surface area contributed by atoms with E-state index in [1.54, 1.807) is 0 Å². The molecule has 0 spiro atoms. The lowest BCUT2D eigenvalue weighted by molar-refractivity contribution is -0.121. The summed E-state index contributed by atoms with van der Waals surface area (Å²) in [6, 6.07) is 15.8. The summed E-state index contributed by atoms with van der Waals surface area (Å²) in [5, 5.41) is 4.35. The standard InChI is InChI=1S/C29H34Cl2N4O/c1-20(2)32-26(36)9-5-3-4-6-18-35-19-7-8-25-29(35)34-28(22-12-16-24(31)17-13-22)27(33-25)21-10-14-23(30)15-11-21/h10-17,20H,3-9,18-19H2,1-2H3,(H,32,36). The highest BCUT2D eigenvalue weighted by Crippen LogP contribution is 2.35. The van der Waals surface area contributed by atoms with Crippen molar-refractivity contribution in [2.24, 2.45) is 0 Å². The van der Waals surface area contributed by atoms with Crippen LogP contribution in [0.2, 0.25) is 10.0 Å². The summed E-state index contributed by atoms with van der Waals surface area (Å²) < 4.78 is 0. The Kier molecular flexibility index (Phi) is 9.22. The van der Waals surface area contributed by atoms with Gasteiger partial charge in [0.1, 0.15) is 0 Å². The number of carbonyl (C=O) groups excluding carboxylic acids is 1. The van der Waals surface area contributed by atoms with Gasteiger partial charge in [0.2, 0.25) is 5.91 Å². The topological polar surface area (TPSA) is 58.1 Å². The lowest BCUT2D eigenvalue weighted by Crippen LogP contribution is -2.32. The van der Waals surface area contributed by atoms with Crippen molar-refractivity contribution in [1.29, 1.82) is 0 Å². The van der Waals surface area contributed by atoms with Crippen molar-refractivity contribution < 1.29 is 4.79 Å². The molecule has 2 heterocycles. The Balaban J connectivity index is 1.50. The highest BCUT2D eigenvalue weighted by Gasteiger charge is 2.23. The summed E-state index contributed by atoms with van der Waals surface area (Å²) in [5.74, 6) is 1.14. The van der Waals surface area contributed by atoms with Gasteiger partial charge >= 0.3 is 0 Å². The largest absolute Gasteiger partial charge is 0.355 e. The van der Waals surface area contributed by atoms with Crippen molar-refractivity contribution in [3.05, 3.63) is 64.3 Å². The number of unbranched alkanes of at least 4 members (excludes halogenated alkanes) is 3. The van der Waals surface area contributed by atoms with Crippen molar-refractivity contribution in [3.63, 3.8) is 0 Å². The van der Waals surface area contributed by atoms with Gasteiger partial charge in [-0.1, -0.05) is 60.3 Å². The number of aromatic nitrogens is 2. The molecular formula is C29H34Cl2N4O. The number of benzene rings is 2. The molecular weight excluding hydrogens is 491 g/mol. The summed E-state index contributed by atoms with van der Waals surface area (Å²) in [7, 11) is 0. The van der Waals surface area contributed by atoms with Gasteiger partial charge in [-0.2, -0.15) is 0 Å². The zero-order valence-corrected chi connectivity index (χ0v) is 22.6. The molecule has 0 unspecified atom stereocenters. The van der Waals surface area contributed by atoms with Crippen LogP contribution in [0.5, 0.6) is 0 Å². The van der Waals surface area contributed by atoms with E-state index in [2.05, 4.69) is 10.2 Å². The summed E-state index contributed by atoms with van der Waals surface area (Å²) >= 11 is 12.3. The summed E-state index contributed by atoms with van der Waals surface area (Å²) in [6.07, 6.45) is 6.75. The number of nitrogens with zero attached hydrogens (tertiary/aromatic N) is 3. The summed E-state index contributed by atoms with van der Waals surface area (Å²) in [4.78, 5) is 24.5. The quantitative estimate of drug-likeness (QED) is 0.281. The third-order valence-electron chi connectivity index (χ3n) is 6.35. The van der Waals surface area contributed by atoms with Crippen LogP contribution in [0.25, 0.3) is 22.5 Å². The number of halogens is 2. The normalized spacial score (nSPS) is 13.1. The van der Waals surface area contributed by atoms with Gasteiger partial charge in [0, 0.05) is 46.7 Å². The van der Waals surface area contributed by atoms with E-state index < -0.39 is 0 Å². The number of amides is 1. The molecule has 0 radical (unpaired) electrons. The van der Waals surface area contributed by atoms with Crippen LogP contribution >= 0.6 is 23.2 Å². The van der Waals surface area contributed by atoms with Crippen LogP contribution in [0.3, 0.4) is 0 Å². The van der Waals surface area contributed by atoms with Gasteiger partial charge in [0.25, 0.3) is 0 Å². The molecule has 4 rings (SSSR count). The first-order chi connectivity index (χ1) is 17.4. The molecule has 0 atom stereocenters. The maximum Gasteiger partial charge on any atom is 0.220 e. The fourth-order valence-electron chi connectivity index (χ4n) is 4.60. The lowest BCUT2D eigenvalue weighted by atomic mass is 10.0. The molecule has 3 aromatic rings. The second kappa shape index (κ2) is 12.6. The zero-order chi connectivity index (χ0) is 25.5. The smallest absolute Gasteiger partial charge is 0.220 e. The summed E-state index contributed by atoms with van der Waals surface area (Å²) in [5.41, 5.74) is 4.77. The van der Waals surface area contributed by atoms with Crippen LogP contribution in [-0.4, -0.2) is 35.0 Å². The van der Waals surface area contributed by atoms with Gasteiger partial charge in [0.05, 0.1) is 17.1 Å². The Bertz CT molecular complexity index is 1160. The maximum atomic E-state index is 11.8. The van der Waals surface area contributed by atoms with Crippen molar-refractivity contribution in [1.82, 2.24) is 15.3 Å². The Morgan fingerprint density at radius 1 is 0.889 bits per heavy atom. The first-order valence-electron chi connectivity index (χ1n) is 12.9. The van der Waals surface area contributed by atoms with Gasteiger partial charge in [0.15, 0.2) is 5.82 Å². The van der Waals surface area contributed by atoms with E-state index in [1.807, 2.05) is 62.4 Å². The molecule has 5 nitrogen and oxygen atoms in total. The van der Waals surface area contributed by atoms with E-state index in [4.69, 9.17) is 33.2 Å². The second-order valence-corrected chi connectivity index (χ2v) is 10.6. The minimum atomic E-state index is 0.149. The SMILES string of the molecule is CC(C)NC(=O)CCCCCCN1CCCc2nc(-c3ccc(Cl)cc3)c(-c3ccc(Cl)cc3)nc21. The fraction of sp³-hybridized carbons (Fsp3) is 0.414. The van der Waals surface area contributed by atoms with E-state index in [9.17, 15) is 4.79 Å². The molecule has 1 aliphatic heterocycles. The molecule has 2 aromatic carbocycles. The predicted octanol–water partition coefficient (Wildman–Crippen LogP) is 7.35. The predicted molar refractivity (Wildman–Crippen MR) is 150 cm³/mol. The Morgan fingerprint density at radius 2 is 1.47 bits per heavy atom. The highest BCUT2D eigenvalue weighted by molar-refractivity contribution is 6.31. The molecule has 0 saturated heterocycles. The maximum absolute atomic E-state index is 11.8. The zero-order valence-electron chi connectivity index (χ0n) is 21.1. The van der Waals surface area contributed by atoms with Gasteiger partial charge < -0.3 is 10.2 Å². The Morgan fingerprint density at radius 3 is 2.08 bits per heavy atom. The number of hydrogen-bond acceptors (Lipinski definition) is 4. The van der Waals surface area contributed by atoms with Gasteiger partial charge in [-0.15, -0.1) is 0 Å². The van der Waals surface area contributed by atoms with Gasteiger partial charge in [-0.3, -0.25) is 4.79 Å². The van der Waals surface area contributed by atoms with Crippen LogP contribution < -0.4 is 10.2 Å². The van der Waals surface area contributed by atoms with E-state index in [0.29, 0.717) is 16.5 Å². The molecule has 36 heavy (non-hydrogen) atoms. The number of rotatable bonds is 10. The van der Waals surface area contributed by atoms with Crippen molar-refractivity contribution in [2.45, 2.75) is 64.8 Å². The Labute approximate surface area is 224 Å². The highest BCUT2D eigenvalue weighted by atomic mass is 35.5. The van der Waals surface area contributed by atoms with Crippen LogP contribution in [0, 0.1) is 0 Å². The van der Waals surface area contributed by atoms with Gasteiger partial charge in [-0.25, -0.2) is 9.97 Å². The molecule has 0 bridgehead atoms. The van der Waals surface area contributed by atoms with Crippen molar-refractivity contribution in [2.75, 3.05) is 18.0 Å². The average Bonchev–Trinajstić information content (AvgIpc) is 2.86. The molecule has 1 aliphatic rings. The number of fused-ring (bicyclic) bond motifs is 1. The monoisotopic (exact) mass is 524 g/mol. The van der Waals surface area contributed by atoms with Crippen molar-refractivity contribution >= 4 is 34.9 Å². The van der Waals surface area contributed by atoms with Crippen LogP contribution in [0.4, 0.5) is 5.82 Å². The van der Waals surface area contributed by atoms with E-state index in [0.717, 1.165) is 85.6 Å². The molecule has 190 valence electrons. The molecule has 0 saturated carbocycles. The van der Waals surface area contributed by atoms with Gasteiger partial charge in [-0.05, 0) is 63.8 Å². The number of carbonyl (C=O) groups is 1. The molecule has 0 aliphatic carbocycles. The minimum Gasteiger partial charge on any atom is -0.355 e. The molecule has 1 amide bonds. The van der Waals surface area contributed by atoms with Crippen LogP contribution in [0.15, 0.2) is 48.5 Å². The lowest BCUT2D eigenvalue weighted by Gasteiger charge is -2.30. The third-order valence-corrected chi connectivity index (χ3v) is 6.86. The first kappa shape index (κ1) is 26.4. The van der Waals surface area contributed by atoms with E-state index in [-0.39, 0.29) is 11.9 Å². The van der Waals surface area contributed by atoms with Crippen molar-refractivity contribution in [3.8, 4) is 22.5 Å². The fourth-order valence-corrected chi connectivity index (χ4v) is 4.85. The molecule has 7 heteroatoms. The molecule has 0 fully saturated rings. The minimum absolute atomic E-state index is 0.149. The molecule has 1 N–H and O–H groups in total. The number of aryl methyl sites for hydroxylation is 1. The number of hydrogen-bond donors (Lipinski definition) is 1. The first-order valence-corrected chi connectivity index (χ1v) is 13.6. The number of anilines is 1.